The Kier molecular flexibility index (Phi) is 4.83. The molecule has 1 aliphatic rings. The van der Waals surface area contributed by atoms with Crippen LogP contribution in [0.15, 0.2) is 29.2 Å². The molecular weight excluding hydrogens is 274 g/mol. The van der Waals surface area contributed by atoms with E-state index in [-0.39, 0.29) is 10.9 Å². The second-order valence-corrected chi connectivity index (χ2v) is 7.45. The van der Waals surface area contributed by atoms with Crippen LogP contribution in [0.5, 0.6) is 0 Å². The molecule has 112 valence electrons. The number of nitrogens with one attached hydrogen (secondary N) is 1. The number of sulfonamides is 1. The SMILES string of the molecule is CC(O)c1cccc(S(=O)(=O)NC2CCCCC2C)c1. The van der Waals surface area contributed by atoms with E-state index in [4.69, 9.17) is 0 Å². The van der Waals surface area contributed by atoms with Crippen molar-refractivity contribution in [3.05, 3.63) is 29.8 Å². The van der Waals surface area contributed by atoms with Gasteiger partial charge in [0.1, 0.15) is 0 Å². The molecule has 0 spiro atoms. The van der Waals surface area contributed by atoms with Gasteiger partial charge in [-0.25, -0.2) is 13.1 Å². The Hall–Kier alpha value is -0.910. The van der Waals surface area contributed by atoms with Crippen molar-refractivity contribution >= 4 is 10.0 Å². The third-order valence-electron chi connectivity index (χ3n) is 4.07. The highest BCUT2D eigenvalue weighted by Crippen LogP contribution is 2.25. The molecule has 1 aliphatic carbocycles. The first-order valence-electron chi connectivity index (χ1n) is 7.20. The van der Waals surface area contributed by atoms with Gasteiger partial charge in [-0.3, -0.25) is 0 Å². The third kappa shape index (κ3) is 3.59. The van der Waals surface area contributed by atoms with Crippen molar-refractivity contribution < 1.29 is 13.5 Å². The molecular formula is C15H23NO3S. The molecule has 0 bridgehead atoms. The molecule has 0 radical (unpaired) electrons. The van der Waals surface area contributed by atoms with E-state index in [2.05, 4.69) is 11.6 Å². The zero-order valence-electron chi connectivity index (χ0n) is 12.0. The van der Waals surface area contributed by atoms with E-state index in [1.54, 1.807) is 31.2 Å². The fraction of sp³-hybridized carbons (Fsp3) is 0.600. The lowest BCUT2D eigenvalue weighted by molar-refractivity contribution is 0.199. The van der Waals surface area contributed by atoms with Crippen molar-refractivity contribution in [2.75, 3.05) is 0 Å². The molecule has 4 nitrogen and oxygen atoms in total. The van der Waals surface area contributed by atoms with E-state index in [1.807, 2.05) is 0 Å². The number of rotatable bonds is 4. The molecule has 2 rings (SSSR count). The molecule has 20 heavy (non-hydrogen) atoms. The maximum atomic E-state index is 12.4. The Morgan fingerprint density at radius 2 is 2.00 bits per heavy atom. The summed E-state index contributed by atoms with van der Waals surface area (Å²) in [6, 6.07) is 6.53. The van der Waals surface area contributed by atoms with Crippen molar-refractivity contribution in [3.63, 3.8) is 0 Å². The van der Waals surface area contributed by atoms with Crippen molar-refractivity contribution in [2.45, 2.75) is 56.6 Å². The molecule has 0 amide bonds. The van der Waals surface area contributed by atoms with Crippen LogP contribution < -0.4 is 4.72 Å². The Bertz CT molecular complexity index is 554. The van der Waals surface area contributed by atoms with E-state index in [0.717, 1.165) is 19.3 Å². The van der Waals surface area contributed by atoms with Crippen LogP contribution in [0.25, 0.3) is 0 Å². The topological polar surface area (TPSA) is 66.4 Å². The standard InChI is InChI=1S/C15H23NO3S/c1-11-6-3-4-9-15(11)16-20(18,19)14-8-5-7-13(10-14)12(2)17/h5,7-8,10-12,15-17H,3-4,6,9H2,1-2H3. The summed E-state index contributed by atoms with van der Waals surface area (Å²) in [5, 5.41) is 9.56. The van der Waals surface area contributed by atoms with Crippen LogP contribution in [0.4, 0.5) is 0 Å². The Balaban J connectivity index is 2.19. The smallest absolute Gasteiger partial charge is 0.240 e. The fourth-order valence-electron chi connectivity index (χ4n) is 2.70. The highest BCUT2D eigenvalue weighted by Gasteiger charge is 2.26. The van der Waals surface area contributed by atoms with Crippen molar-refractivity contribution in [2.24, 2.45) is 5.92 Å². The molecule has 3 unspecified atom stereocenters. The maximum Gasteiger partial charge on any atom is 0.240 e. The summed E-state index contributed by atoms with van der Waals surface area (Å²) in [4.78, 5) is 0.230. The van der Waals surface area contributed by atoms with Gasteiger partial charge >= 0.3 is 0 Å². The summed E-state index contributed by atoms with van der Waals surface area (Å²) < 4.78 is 27.7. The quantitative estimate of drug-likeness (QED) is 0.897. The number of hydrogen-bond donors (Lipinski definition) is 2. The van der Waals surface area contributed by atoms with Crippen molar-refractivity contribution in [1.29, 1.82) is 0 Å². The fourth-order valence-corrected chi connectivity index (χ4v) is 4.13. The van der Waals surface area contributed by atoms with Gasteiger partial charge in [-0.15, -0.1) is 0 Å². The van der Waals surface area contributed by atoms with Gasteiger partial charge in [0.15, 0.2) is 0 Å². The Labute approximate surface area is 121 Å². The molecule has 1 aromatic rings. The molecule has 0 aliphatic heterocycles. The van der Waals surface area contributed by atoms with E-state index >= 15 is 0 Å². The van der Waals surface area contributed by atoms with Crippen LogP contribution in [0, 0.1) is 5.92 Å². The second kappa shape index (κ2) is 6.24. The van der Waals surface area contributed by atoms with Crippen molar-refractivity contribution in [1.82, 2.24) is 4.72 Å². The Morgan fingerprint density at radius 1 is 1.30 bits per heavy atom. The minimum atomic E-state index is -3.51. The zero-order valence-corrected chi connectivity index (χ0v) is 12.9. The minimum Gasteiger partial charge on any atom is -0.389 e. The lowest BCUT2D eigenvalue weighted by Crippen LogP contribution is -2.40. The lowest BCUT2D eigenvalue weighted by atomic mass is 9.87. The van der Waals surface area contributed by atoms with Gasteiger partial charge < -0.3 is 5.11 Å². The molecule has 2 N–H and O–H groups in total. The van der Waals surface area contributed by atoms with Gasteiger partial charge in [0.2, 0.25) is 10.0 Å². The van der Waals surface area contributed by atoms with Crippen LogP contribution in [-0.4, -0.2) is 19.6 Å². The zero-order chi connectivity index (χ0) is 14.8. The van der Waals surface area contributed by atoms with Crippen LogP contribution in [0.3, 0.4) is 0 Å². The molecule has 1 saturated carbocycles. The van der Waals surface area contributed by atoms with Gasteiger partial charge in [0.05, 0.1) is 11.0 Å². The first-order valence-corrected chi connectivity index (χ1v) is 8.69. The molecule has 5 heteroatoms. The first kappa shape index (κ1) is 15.5. The Morgan fingerprint density at radius 3 is 2.65 bits per heavy atom. The number of aliphatic hydroxyl groups excluding tert-OH is 1. The summed E-state index contributed by atoms with van der Waals surface area (Å²) in [6.45, 7) is 3.72. The van der Waals surface area contributed by atoms with Crippen LogP contribution in [0.2, 0.25) is 0 Å². The van der Waals surface area contributed by atoms with Crippen LogP contribution in [-0.2, 0) is 10.0 Å². The number of hydrogen-bond acceptors (Lipinski definition) is 3. The third-order valence-corrected chi connectivity index (χ3v) is 5.56. The molecule has 0 saturated heterocycles. The van der Waals surface area contributed by atoms with Gasteiger partial charge in [-0.1, -0.05) is 31.9 Å². The van der Waals surface area contributed by atoms with E-state index in [0.29, 0.717) is 11.5 Å². The van der Waals surface area contributed by atoms with E-state index in [1.165, 1.54) is 6.42 Å². The highest BCUT2D eigenvalue weighted by atomic mass is 32.2. The monoisotopic (exact) mass is 297 g/mol. The molecule has 0 heterocycles. The van der Waals surface area contributed by atoms with E-state index in [9.17, 15) is 13.5 Å². The van der Waals surface area contributed by atoms with Gasteiger partial charge in [-0.05, 0) is 43.4 Å². The highest BCUT2D eigenvalue weighted by molar-refractivity contribution is 7.89. The molecule has 1 fully saturated rings. The number of aliphatic hydroxyl groups is 1. The summed E-state index contributed by atoms with van der Waals surface area (Å²) in [6.07, 6.45) is 3.55. The summed E-state index contributed by atoms with van der Waals surface area (Å²) in [5.74, 6) is 0.374. The predicted octanol–water partition coefficient (Wildman–Crippen LogP) is 2.60. The summed E-state index contributed by atoms with van der Waals surface area (Å²) in [7, 11) is -3.51. The largest absolute Gasteiger partial charge is 0.389 e. The van der Waals surface area contributed by atoms with Crippen LogP contribution in [0.1, 0.15) is 51.2 Å². The second-order valence-electron chi connectivity index (χ2n) is 5.74. The van der Waals surface area contributed by atoms with E-state index < -0.39 is 16.1 Å². The van der Waals surface area contributed by atoms with Crippen molar-refractivity contribution in [3.8, 4) is 0 Å². The van der Waals surface area contributed by atoms with Gasteiger partial charge in [-0.2, -0.15) is 0 Å². The first-order chi connectivity index (χ1) is 9.40. The predicted molar refractivity (Wildman–Crippen MR) is 78.8 cm³/mol. The summed E-state index contributed by atoms with van der Waals surface area (Å²) >= 11 is 0. The normalized spacial score (nSPS) is 25.4. The number of benzene rings is 1. The van der Waals surface area contributed by atoms with Gasteiger partial charge in [0.25, 0.3) is 0 Å². The lowest BCUT2D eigenvalue weighted by Gasteiger charge is -2.29. The molecule has 1 aromatic carbocycles. The van der Waals surface area contributed by atoms with Crippen LogP contribution >= 0.6 is 0 Å². The average molecular weight is 297 g/mol. The van der Waals surface area contributed by atoms with Gasteiger partial charge in [0, 0.05) is 6.04 Å². The molecule has 3 atom stereocenters. The minimum absolute atomic E-state index is 0.0176. The average Bonchev–Trinajstić information content (AvgIpc) is 2.41. The maximum absolute atomic E-state index is 12.4. The molecule has 0 aromatic heterocycles. The summed E-state index contributed by atoms with van der Waals surface area (Å²) in [5.41, 5.74) is 0.615.